The van der Waals surface area contributed by atoms with E-state index in [1.807, 2.05) is 0 Å². The molecule has 0 aliphatic carbocycles. The molecule has 4 atom stereocenters. The number of carbonyl (C=O) groups excluding carboxylic acids is 2. The number of esters is 2. The Hall–Kier alpha value is -2.42. The highest BCUT2D eigenvalue weighted by Crippen LogP contribution is 2.38. The van der Waals surface area contributed by atoms with Crippen molar-refractivity contribution in [3.8, 4) is 0 Å². The van der Waals surface area contributed by atoms with Gasteiger partial charge in [0.25, 0.3) is 0 Å². The molecule has 0 radical (unpaired) electrons. The Morgan fingerprint density at radius 2 is 1.52 bits per heavy atom. The second-order valence-electron chi connectivity index (χ2n) is 5.65. The summed E-state index contributed by atoms with van der Waals surface area (Å²) < 4.78 is 20.6. The smallest absolute Gasteiger partial charge is 0.403 e. The lowest BCUT2D eigenvalue weighted by molar-refractivity contribution is -0.161. The minimum absolute atomic E-state index is 0.310. The van der Waals surface area contributed by atoms with Gasteiger partial charge < -0.3 is 36.4 Å². The number of hydrogen-bond donors (Lipinski definition) is 7. The van der Waals surface area contributed by atoms with Gasteiger partial charge in [0.1, 0.15) is 18.1 Å². The van der Waals surface area contributed by atoms with Crippen LogP contribution in [0, 0.1) is 0 Å². The van der Waals surface area contributed by atoms with Gasteiger partial charge >= 0.3 is 37.6 Å². The summed E-state index contributed by atoms with van der Waals surface area (Å²) in [5.74, 6) is -6.78. The van der Waals surface area contributed by atoms with Crippen LogP contribution < -0.4 is 16.6 Å². The molecular weight excluding hydrogens is 421 g/mol. The predicted octanol–water partition coefficient (Wildman–Crippen LogP) is -2.40. The fourth-order valence-electron chi connectivity index (χ4n) is 1.63. The van der Waals surface area contributed by atoms with Crippen molar-refractivity contribution in [3.05, 3.63) is 0 Å². The molecule has 0 spiro atoms. The van der Waals surface area contributed by atoms with Crippen molar-refractivity contribution in [3.63, 3.8) is 0 Å². The van der Waals surface area contributed by atoms with Crippen molar-refractivity contribution in [2.75, 3.05) is 6.61 Å². The first kappa shape index (κ1) is 26.6. The van der Waals surface area contributed by atoms with Gasteiger partial charge in [-0.3, -0.25) is 23.7 Å². The normalized spacial score (nSPS) is 16.1. The van der Waals surface area contributed by atoms with E-state index in [1.54, 1.807) is 5.09 Å². The molecule has 0 aliphatic heterocycles. The van der Waals surface area contributed by atoms with Gasteiger partial charge in [0.15, 0.2) is 0 Å². The maximum atomic E-state index is 11.8. The summed E-state index contributed by atoms with van der Waals surface area (Å²) >= 11 is 0. The van der Waals surface area contributed by atoms with Crippen LogP contribution in [-0.2, 0) is 37.8 Å². The molecule has 9 N–H and O–H groups in total. The Bertz CT molecular complexity index is 684. The lowest BCUT2D eigenvalue weighted by atomic mass is 10.2. The Labute approximate surface area is 163 Å². The topological polar surface area (TPSA) is 266 Å². The molecule has 16 heteroatoms. The van der Waals surface area contributed by atoms with Gasteiger partial charge in [-0.15, -0.1) is 0 Å². The first-order valence-electron chi connectivity index (χ1n) is 7.93. The van der Waals surface area contributed by atoms with E-state index in [0.717, 1.165) is 0 Å². The summed E-state index contributed by atoms with van der Waals surface area (Å²) in [7, 11) is -4.81. The third-order valence-electron chi connectivity index (χ3n) is 3.19. The monoisotopic (exact) mass is 443 g/mol. The van der Waals surface area contributed by atoms with Crippen molar-refractivity contribution in [2.24, 2.45) is 11.5 Å². The average Bonchev–Trinajstić information content (AvgIpc) is 2.60. The first-order chi connectivity index (χ1) is 13.2. The Kier molecular flexibility index (Phi) is 11.2. The van der Waals surface area contributed by atoms with Crippen LogP contribution in [0.2, 0.25) is 0 Å². The standard InChI is InChI=1S/C13H22N3O12P/c14-6(11(20)21)1-4-10(19)28-13(24)7(15)5-27-29(25,26)16-8(12(22)23)2-3-9(17)18/h6-8H,1-5,14-15H2,(H,17,18)(H,20,21)(H,22,23)(H2,16,25,26)/t6-,7-,8-/m0/s1. The van der Waals surface area contributed by atoms with E-state index in [0.29, 0.717) is 0 Å². The third kappa shape index (κ3) is 11.9. The molecule has 0 aromatic heterocycles. The van der Waals surface area contributed by atoms with Gasteiger partial charge in [0, 0.05) is 12.8 Å². The number of hydrogen-bond acceptors (Lipinski definition) is 10. The second kappa shape index (κ2) is 12.2. The minimum atomic E-state index is -4.81. The highest BCUT2D eigenvalue weighted by Gasteiger charge is 2.31. The maximum absolute atomic E-state index is 11.8. The van der Waals surface area contributed by atoms with E-state index in [4.69, 9.17) is 26.8 Å². The van der Waals surface area contributed by atoms with E-state index < -0.39 is 81.6 Å². The molecule has 0 saturated heterocycles. The molecule has 166 valence electrons. The number of carboxylic acids is 3. The summed E-state index contributed by atoms with van der Waals surface area (Å²) in [4.78, 5) is 64.6. The average molecular weight is 443 g/mol. The summed E-state index contributed by atoms with van der Waals surface area (Å²) in [5.41, 5.74) is 10.5. The molecule has 0 bridgehead atoms. The van der Waals surface area contributed by atoms with Crippen LogP contribution in [-0.4, -0.2) is 74.8 Å². The number of ether oxygens (including phenoxy) is 1. The molecule has 0 heterocycles. The molecule has 0 rings (SSSR count). The SMILES string of the molecule is N[C@@H](CCC(=O)OC(=O)[C@@H](N)COP(=O)(O)N[C@@H](CCC(=O)O)C(=O)O)C(=O)O. The van der Waals surface area contributed by atoms with E-state index in [2.05, 4.69) is 9.26 Å². The molecule has 15 nitrogen and oxygen atoms in total. The first-order valence-corrected chi connectivity index (χ1v) is 9.51. The van der Waals surface area contributed by atoms with Crippen molar-refractivity contribution < 1.29 is 58.0 Å². The van der Waals surface area contributed by atoms with E-state index in [1.165, 1.54) is 0 Å². The molecule has 0 aromatic rings. The lowest BCUT2D eigenvalue weighted by Crippen LogP contribution is -2.40. The fourth-order valence-corrected chi connectivity index (χ4v) is 2.70. The highest BCUT2D eigenvalue weighted by molar-refractivity contribution is 7.50. The second-order valence-corrected chi connectivity index (χ2v) is 7.21. The molecular formula is C13H22N3O12P. The number of carbonyl (C=O) groups is 5. The molecule has 29 heavy (non-hydrogen) atoms. The molecule has 0 saturated carbocycles. The number of rotatable bonds is 14. The Morgan fingerprint density at radius 1 is 0.931 bits per heavy atom. The quantitative estimate of drug-likeness (QED) is 0.0837. The fraction of sp³-hybridized carbons (Fsp3) is 0.615. The zero-order valence-corrected chi connectivity index (χ0v) is 15.8. The Morgan fingerprint density at radius 3 is 2.00 bits per heavy atom. The van der Waals surface area contributed by atoms with Crippen LogP contribution in [0.15, 0.2) is 0 Å². The van der Waals surface area contributed by atoms with Gasteiger partial charge in [0.05, 0.1) is 6.61 Å². The molecule has 0 aliphatic rings. The van der Waals surface area contributed by atoms with Gasteiger partial charge in [0.2, 0.25) is 0 Å². The van der Waals surface area contributed by atoms with Crippen LogP contribution in [0.4, 0.5) is 0 Å². The summed E-state index contributed by atoms with van der Waals surface area (Å²) in [6.07, 6.45) is -1.95. The van der Waals surface area contributed by atoms with Crippen molar-refractivity contribution >= 4 is 37.6 Å². The third-order valence-corrected chi connectivity index (χ3v) is 4.32. The molecule has 0 aromatic carbocycles. The zero-order chi connectivity index (χ0) is 22.8. The van der Waals surface area contributed by atoms with E-state index in [9.17, 15) is 33.4 Å². The summed E-state index contributed by atoms with van der Waals surface area (Å²) in [5, 5.41) is 27.7. The van der Waals surface area contributed by atoms with Gasteiger partial charge in [-0.2, -0.15) is 0 Å². The molecule has 1 unspecified atom stereocenters. The maximum Gasteiger partial charge on any atom is 0.403 e. The van der Waals surface area contributed by atoms with Crippen LogP contribution >= 0.6 is 7.75 Å². The summed E-state index contributed by atoms with van der Waals surface area (Å²) in [6, 6.07) is -4.79. The van der Waals surface area contributed by atoms with Gasteiger partial charge in [-0.05, 0) is 12.8 Å². The number of aliphatic carboxylic acids is 3. The van der Waals surface area contributed by atoms with Crippen LogP contribution in [0.25, 0.3) is 0 Å². The van der Waals surface area contributed by atoms with E-state index >= 15 is 0 Å². The van der Waals surface area contributed by atoms with Crippen LogP contribution in [0.5, 0.6) is 0 Å². The van der Waals surface area contributed by atoms with Crippen LogP contribution in [0.1, 0.15) is 25.7 Å². The van der Waals surface area contributed by atoms with Gasteiger partial charge in [-0.1, -0.05) is 0 Å². The van der Waals surface area contributed by atoms with Gasteiger partial charge in [-0.25, -0.2) is 14.4 Å². The number of carboxylic acid groups (broad SMARTS) is 3. The van der Waals surface area contributed by atoms with Crippen molar-refractivity contribution in [1.29, 1.82) is 0 Å². The van der Waals surface area contributed by atoms with Crippen molar-refractivity contribution in [1.82, 2.24) is 5.09 Å². The molecule has 0 amide bonds. The Balaban J connectivity index is 4.55. The minimum Gasteiger partial charge on any atom is -0.481 e. The predicted molar refractivity (Wildman–Crippen MR) is 91.1 cm³/mol. The van der Waals surface area contributed by atoms with Crippen LogP contribution in [0.3, 0.4) is 0 Å². The largest absolute Gasteiger partial charge is 0.481 e. The number of nitrogens with two attached hydrogens (primary N) is 2. The lowest BCUT2D eigenvalue weighted by Gasteiger charge is -2.19. The summed E-state index contributed by atoms with van der Waals surface area (Å²) in [6.45, 7) is -0.952. The molecule has 0 fully saturated rings. The zero-order valence-electron chi connectivity index (χ0n) is 14.9. The van der Waals surface area contributed by atoms with E-state index in [-0.39, 0.29) is 6.42 Å². The highest BCUT2D eigenvalue weighted by atomic mass is 31.2. The number of nitrogens with one attached hydrogen (secondary N) is 1. The van der Waals surface area contributed by atoms with Crippen molar-refractivity contribution in [2.45, 2.75) is 43.8 Å².